The van der Waals surface area contributed by atoms with Gasteiger partial charge in [0.05, 0.1) is 0 Å². The molecule has 1 aliphatic rings. The molecule has 0 atom stereocenters. The average molecular weight is 163 g/mol. The predicted octanol–water partition coefficient (Wildman–Crippen LogP) is 0.510. The van der Waals surface area contributed by atoms with Crippen molar-refractivity contribution in [2.75, 3.05) is 0 Å². The third kappa shape index (κ3) is 0.731. The van der Waals surface area contributed by atoms with Crippen molar-refractivity contribution in [1.29, 1.82) is 0 Å². The van der Waals surface area contributed by atoms with Crippen molar-refractivity contribution in [2.45, 2.75) is 0 Å². The summed E-state index contributed by atoms with van der Waals surface area (Å²) in [6.45, 7) is 0. The molecule has 4 nitrogen and oxygen atoms in total. The normalized spacial score (nSPS) is 16.8. The van der Waals surface area contributed by atoms with Gasteiger partial charge in [0.2, 0.25) is 0 Å². The molecule has 0 saturated heterocycles. The molecule has 0 bridgehead atoms. The van der Waals surface area contributed by atoms with Crippen LogP contribution in [0.15, 0.2) is 24.3 Å². The lowest BCUT2D eigenvalue weighted by Gasteiger charge is -1.83. The molecular weight excluding hydrogens is 158 g/mol. The monoisotopic (exact) mass is 163 g/mol. The molecule has 0 aliphatic carbocycles. The van der Waals surface area contributed by atoms with Gasteiger partial charge in [0.15, 0.2) is 0 Å². The molecule has 0 unspecified atom stereocenters. The molecule has 0 fully saturated rings. The Bertz CT molecular complexity index is 337. The molecule has 2 amide bonds. The van der Waals surface area contributed by atoms with Gasteiger partial charge in [0, 0.05) is 0 Å². The molecule has 12 heavy (non-hydrogen) atoms. The Morgan fingerprint density at radius 1 is 1.00 bits per heavy atom. The van der Waals surface area contributed by atoms with Crippen molar-refractivity contribution in [3.63, 3.8) is 0 Å². The van der Waals surface area contributed by atoms with Crippen LogP contribution in [0.4, 0.5) is 0 Å². The average Bonchev–Trinajstić information content (AvgIpc) is 2.33. The summed E-state index contributed by atoms with van der Waals surface area (Å²) in [7, 11) is 0. The topological polar surface area (TPSA) is 60.3 Å². The Labute approximate surface area is 68.0 Å². The minimum absolute atomic E-state index is 0.130. The van der Waals surface area contributed by atoms with Crippen LogP contribution >= 0.6 is 0 Å². The van der Waals surface area contributed by atoms with Crippen LogP contribution in [0.5, 0.6) is 0 Å². The maximum atomic E-state index is 11.1. The highest BCUT2D eigenvalue weighted by atomic mass is 16.5. The minimum Gasteiger partial charge on any atom is -0.215 e. The van der Waals surface area contributed by atoms with Gasteiger partial charge in [-0.15, -0.1) is 5.21 Å². The largest absolute Gasteiger partial charge is 0.439 e. The highest BCUT2D eigenvalue weighted by Gasteiger charge is 2.47. The summed E-state index contributed by atoms with van der Waals surface area (Å²) in [5.41, 5.74) is 0.509. The van der Waals surface area contributed by atoms with Crippen molar-refractivity contribution in [2.24, 2.45) is 0 Å². The van der Waals surface area contributed by atoms with Gasteiger partial charge in [-0.25, -0.2) is 9.59 Å². The third-order valence-electron chi connectivity index (χ3n) is 1.77. The number of hydrogen-bond acceptors (Lipinski definition) is 3. The van der Waals surface area contributed by atoms with Gasteiger partial charge < -0.3 is 0 Å². The zero-order chi connectivity index (χ0) is 8.72. The lowest BCUT2D eigenvalue weighted by Crippen LogP contribution is -2.31. The van der Waals surface area contributed by atoms with E-state index in [2.05, 4.69) is 0 Å². The lowest BCUT2D eigenvalue weighted by molar-refractivity contribution is 0.0186. The second kappa shape index (κ2) is 2.23. The van der Waals surface area contributed by atoms with E-state index < -0.39 is 11.8 Å². The molecule has 1 radical (unpaired) electrons. The van der Waals surface area contributed by atoms with Crippen molar-refractivity contribution in [1.82, 2.24) is 5.06 Å². The Kier molecular flexibility index (Phi) is 1.33. The Balaban J connectivity index is 2.67. The van der Waals surface area contributed by atoms with E-state index in [1.54, 1.807) is 12.1 Å². The second-order valence-corrected chi connectivity index (χ2v) is 2.47. The van der Waals surface area contributed by atoms with Crippen LogP contribution in [0.25, 0.3) is 0 Å². The van der Waals surface area contributed by atoms with Gasteiger partial charge in [-0.05, 0) is 12.1 Å². The number of amides is 2. The highest BCUT2D eigenvalue weighted by Crippen LogP contribution is 2.18. The number of rotatable bonds is 0. The van der Waals surface area contributed by atoms with E-state index in [0.29, 0.717) is 0 Å². The quantitative estimate of drug-likeness (QED) is 0.344. The van der Waals surface area contributed by atoms with Gasteiger partial charge in [0.25, 0.3) is 0 Å². The van der Waals surface area contributed by atoms with Crippen LogP contribution in [0.1, 0.15) is 20.7 Å². The molecule has 1 aromatic carbocycles. The number of hydrogen-bond donors (Lipinski definition) is 1. The number of benzene rings is 1. The van der Waals surface area contributed by atoms with Gasteiger partial charge >= 0.3 is 11.8 Å². The molecule has 1 aliphatic heterocycles. The van der Waals surface area contributed by atoms with Gasteiger partial charge in [-0.3, -0.25) is 0 Å². The fraction of sp³-hybridized carbons (Fsp3) is 0. The molecule has 1 heterocycles. The first-order chi connectivity index (χ1) is 5.72. The third-order valence-corrected chi connectivity index (χ3v) is 1.77. The van der Waals surface area contributed by atoms with Gasteiger partial charge in [-0.1, -0.05) is 12.1 Å². The Morgan fingerprint density at radius 2 is 1.42 bits per heavy atom. The first-order valence-electron chi connectivity index (χ1n) is 3.38. The zero-order valence-electron chi connectivity index (χ0n) is 6.02. The summed E-state index contributed by atoms with van der Waals surface area (Å²) in [5, 5.41) is 9.05. The van der Waals surface area contributed by atoms with E-state index in [1.165, 1.54) is 12.1 Å². The van der Waals surface area contributed by atoms with Crippen LogP contribution < -0.4 is 5.06 Å². The first kappa shape index (κ1) is 7.15. The zero-order valence-corrected chi connectivity index (χ0v) is 6.02. The van der Waals surface area contributed by atoms with Crippen LogP contribution in [-0.2, 0) is 0 Å². The maximum Gasteiger partial charge on any atom is 0.439 e. The summed E-state index contributed by atoms with van der Waals surface area (Å²) in [6, 6.07) is 6.30. The van der Waals surface area contributed by atoms with E-state index in [-0.39, 0.29) is 16.2 Å². The highest BCUT2D eigenvalue weighted by molar-refractivity contribution is 6.22. The van der Waals surface area contributed by atoms with Crippen LogP contribution in [0, 0.1) is 0 Å². The standard InChI is InChI=1S/C8H5NO3/c10-7-5-3-1-2-4-6(5)8(11)9(7)12/h1-4,12H/q+1. The SMILES string of the molecule is O=C1c2ccccc2C(=O)[N+]1O. The lowest BCUT2D eigenvalue weighted by atomic mass is 10.1. The molecule has 2 rings (SSSR count). The first-order valence-corrected chi connectivity index (χ1v) is 3.38. The van der Waals surface area contributed by atoms with Gasteiger partial charge in [0.1, 0.15) is 16.2 Å². The predicted molar refractivity (Wildman–Crippen MR) is 39.0 cm³/mol. The molecule has 59 valence electrons. The molecule has 1 aromatic rings. The molecule has 0 saturated carbocycles. The van der Waals surface area contributed by atoms with Crippen LogP contribution in [0.3, 0.4) is 0 Å². The van der Waals surface area contributed by atoms with Crippen molar-refractivity contribution < 1.29 is 14.8 Å². The van der Waals surface area contributed by atoms with Crippen molar-refractivity contribution in [3.8, 4) is 0 Å². The number of hydroxylamine groups is 2. The molecule has 0 spiro atoms. The van der Waals surface area contributed by atoms with Crippen molar-refractivity contribution >= 4 is 11.8 Å². The molecule has 1 N–H and O–H groups in total. The number of imide groups is 1. The Hall–Kier alpha value is -1.52. The molecule has 4 heteroatoms. The van der Waals surface area contributed by atoms with Crippen LogP contribution in [0.2, 0.25) is 0 Å². The smallest absolute Gasteiger partial charge is 0.215 e. The number of nitrogens with zero attached hydrogens (tertiary/aromatic N) is 1. The number of carbonyl (C=O) groups excluding carboxylic acids is 2. The molecule has 0 aromatic heterocycles. The number of carbonyl (C=O) groups is 2. The summed E-state index contributed by atoms with van der Waals surface area (Å²) < 4.78 is 0. The minimum atomic E-state index is -0.657. The fourth-order valence-corrected chi connectivity index (χ4v) is 1.18. The fourth-order valence-electron chi connectivity index (χ4n) is 1.18. The van der Waals surface area contributed by atoms with E-state index in [0.717, 1.165) is 0 Å². The molecular formula is C8H5NO3+. The van der Waals surface area contributed by atoms with E-state index in [1.807, 2.05) is 0 Å². The van der Waals surface area contributed by atoms with E-state index >= 15 is 0 Å². The second-order valence-electron chi connectivity index (χ2n) is 2.47. The van der Waals surface area contributed by atoms with E-state index in [4.69, 9.17) is 5.21 Å². The van der Waals surface area contributed by atoms with Crippen LogP contribution in [-0.4, -0.2) is 17.0 Å². The number of fused-ring (bicyclic) bond motifs is 1. The van der Waals surface area contributed by atoms with E-state index in [9.17, 15) is 9.59 Å². The maximum absolute atomic E-state index is 11.1. The Morgan fingerprint density at radius 3 is 1.83 bits per heavy atom. The summed E-state index contributed by atoms with van der Waals surface area (Å²) >= 11 is 0. The van der Waals surface area contributed by atoms with Gasteiger partial charge in [-0.2, -0.15) is 0 Å². The summed E-state index contributed by atoms with van der Waals surface area (Å²) in [4.78, 5) is 22.1. The van der Waals surface area contributed by atoms with Crippen molar-refractivity contribution in [3.05, 3.63) is 35.4 Å². The summed E-state index contributed by atoms with van der Waals surface area (Å²) in [6.07, 6.45) is 0. The summed E-state index contributed by atoms with van der Waals surface area (Å²) in [5.74, 6) is -1.31.